The summed E-state index contributed by atoms with van der Waals surface area (Å²) in [6.07, 6.45) is 2.10. The summed E-state index contributed by atoms with van der Waals surface area (Å²) in [6, 6.07) is 4.96. The molecule has 6 heteroatoms. The molecular formula is C15H18N2O4. The molecule has 2 aliphatic heterocycles. The zero-order valence-electron chi connectivity index (χ0n) is 11.8. The van der Waals surface area contributed by atoms with Crippen LogP contribution in [-0.2, 0) is 9.53 Å². The van der Waals surface area contributed by atoms with Gasteiger partial charge in [-0.2, -0.15) is 0 Å². The van der Waals surface area contributed by atoms with Crippen LogP contribution in [0.1, 0.15) is 30.1 Å². The normalized spacial score (nSPS) is 22.0. The number of rotatable bonds is 3. The van der Waals surface area contributed by atoms with Gasteiger partial charge < -0.3 is 20.1 Å². The molecule has 2 aliphatic rings. The molecular weight excluding hydrogens is 272 g/mol. The smallest absolute Gasteiger partial charge is 0.262 e. The highest BCUT2D eigenvalue weighted by Gasteiger charge is 2.24. The van der Waals surface area contributed by atoms with Crippen molar-refractivity contribution in [2.24, 2.45) is 0 Å². The maximum absolute atomic E-state index is 12.3. The summed E-state index contributed by atoms with van der Waals surface area (Å²) in [6.45, 7) is 2.69. The van der Waals surface area contributed by atoms with Crippen LogP contribution in [0.15, 0.2) is 18.2 Å². The van der Waals surface area contributed by atoms with E-state index in [0.717, 1.165) is 19.4 Å². The highest BCUT2D eigenvalue weighted by Crippen LogP contribution is 2.28. The van der Waals surface area contributed by atoms with Crippen molar-refractivity contribution in [2.45, 2.75) is 31.9 Å². The van der Waals surface area contributed by atoms with Gasteiger partial charge in [-0.25, -0.2) is 0 Å². The van der Waals surface area contributed by atoms with Gasteiger partial charge in [-0.15, -0.1) is 0 Å². The van der Waals surface area contributed by atoms with Crippen LogP contribution >= 0.6 is 0 Å². The van der Waals surface area contributed by atoms with Gasteiger partial charge in [-0.1, -0.05) is 0 Å². The van der Waals surface area contributed by atoms with Crippen LogP contribution in [0.3, 0.4) is 0 Å². The van der Waals surface area contributed by atoms with E-state index in [1.165, 1.54) is 0 Å². The zero-order chi connectivity index (χ0) is 14.8. The summed E-state index contributed by atoms with van der Waals surface area (Å²) in [5.41, 5.74) is 1.10. The number of ether oxygens (including phenoxy) is 2. The van der Waals surface area contributed by atoms with Crippen molar-refractivity contribution in [2.75, 3.05) is 18.5 Å². The van der Waals surface area contributed by atoms with Gasteiger partial charge in [0.15, 0.2) is 6.61 Å². The Morgan fingerprint density at radius 3 is 3.10 bits per heavy atom. The van der Waals surface area contributed by atoms with Gasteiger partial charge in [0, 0.05) is 12.2 Å². The number of amides is 2. The lowest BCUT2D eigenvalue weighted by Gasteiger charge is -2.21. The third kappa shape index (κ3) is 3.00. The molecule has 1 saturated heterocycles. The molecule has 2 heterocycles. The molecule has 112 valence electrons. The Labute approximate surface area is 122 Å². The lowest BCUT2D eigenvalue weighted by molar-refractivity contribution is -0.118. The van der Waals surface area contributed by atoms with E-state index in [-0.39, 0.29) is 30.6 Å². The predicted octanol–water partition coefficient (Wildman–Crippen LogP) is 1.31. The van der Waals surface area contributed by atoms with Gasteiger partial charge in [0.2, 0.25) is 0 Å². The quantitative estimate of drug-likeness (QED) is 0.880. The third-order valence-corrected chi connectivity index (χ3v) is 3.76. The first-order valence-corrected chi connectivity index (χ1v) is 7.12. The van der Waals surface area contributed by atoms with E-state index in [9.17, 15) is 9.59 Å². The van der Waals surface area contributed by atoms with Gasteiger partial charge >= 0.3 is 0 Å². The second-order valence-electron chi connectivity index (χ2n) is 5.36. The fourth-order valence-corrected chi connectivity index (χ4v) is 2.60. The summed E-state index contributed by atoms with van der Waals surface area (Å²) in [7, 11) is 0. The molecule has 1 aromatic carbocycles. The Morgan fingerprint density at radius 1 is 1.48 bits per heavy atom. The monoisotopic (exact) mass is 290 g/mol. The molecule has 0 radical (unpaired) electrons. The summed E-state index contributed by atoms with van der Waals surface area (Å²) < 4.78 is 10.9. The topological polar surface area (TPSA) is 76.7 Å². The van der Waals surface area contributed by atoms with Crippen molar-refractivity contribution in [3.63, 3.8) is 0 Å². The molecule has 2 amide bonds. The van der Waals surface area contributed by atoms with E-state index < -0.39 is 0 Å². The number of hydrogen-bond donors (Lipinski definition) is 2. The van der Waals surface area contributed by atoms with Crippen LogP contribution in [0, 0.1) is 0 Å². The van der Waals surface area contributed by atoms with E-state index in [0.29, 0.717) is 17.0 Å². The molecule has 0 spiro atoms. The average molecular weight is 290 g/mol. The maximum Gasteiger partial charge on any atom is 0.262 e. The molecule has 0 aromatic heterocycles. The number of carbonyl (C=O) groups is 2. The summed E-state index contributed by atoms with van der Waals surface area (Å²) >= 11 is 0. The minimum atomic E-state index is -0.188. The Bertz CT molecular complexity index is 567. The second-order valence-corrected chi connectivity index (χ2v) is 5.36. The molecule has 0 unspecified atom stereocenters. The lowest BCUT2D eigenvalue weighted by atomic mass is 10.1. The van der Waals surface area contributed by atoms with Crippen LogP contribution in [0.25, 0.3) is 0 Å². The second kappa shape index (κ2) is 5.73. The standard InChI is InChI=1S/C15H18N2O4/c1-9(12-3-2-6-20-12)16-15(19)10-4-5-11-13(7-10)21-8-14(18)17-11/h4-5,7,9,12H,2-3,6,8H2,1H3,(H,16,19)(H,17,18)/t9-,12+/m1/s1. The highest BCUT2D eigenvalue weighted by molar-refractivity contribution is 5.99. The van der Waals surface area contributed by atoms with Crippen LogP contribution in [0.2, 0.25) is 0 Å². The third-order valence-electron chi connectivity index (χ3n) is 3.76. The van der Waals surface area contributed by atoms with E-state index in [1.807, 2.05) is 6.92 Å². The summed E-state index contributed by atoms with van der Waals surface area (Å²) in [4.78, 5) is 23.5. The number of carbonyl (C=O) groups excluding carboxylic acids is 2. The molecule has 2 atom stereocenters. The Morgan fingerprint density at radius 2 is 2.33 bits per heavy atom. The number of hydrogen-bond acceptors (Lipinski definition) is 4. The largest absolute Gasteiger partial charge is 0.482 e. The first-order valence-electron chi connectivity index (χ1n) is 7.12. The van der Waals surface area contributed by atoms with Crippen molar-refractivity contribution in [1.82, 2.24) is 5.32 Å². The first kappa shape index (κ1) is 13.9. The SMILES string of the molecule is C[C@@H](NC(=O)c1ccc2c(c1)OCC(=O)N2)[C@@H]1CCCO1. The highest BCUT2D eigenvalue weighted by atomic mass is 16.5. The van der Waals surface area contributed by atoms with E-state index in [1.54, 1.807) is 18.2 Å². The average Bonchev–Trinajstić information content (AvgIpc) is 3.01. The van der Waals surface area contributed by atoms with Crippen molar-refractivity contribution in [1.29, 1.82) is 0 Å². The van der Waals surface area contributed by atoms with Crippen molar-refractivity contribution in [3.8, 4) is 5.75 Å². The minimum Gasteiger partial charge on any atom is -0.482 e. The Balaban J connectivity index is 1.68. The first-order chi connectivity index (χ1) is 10.1. The molecule has 6 nitrogen and oxygen atoms in total. The maximum atomic E-state index is 12.3. The lowest BCUT2D eigenvalue weighted by Crippen LogP contribution is -2.40. The predicted molar refractivity (Wildman–Crippen MR) is 76.5 cm³/mol. The molecule has 1 aromatic rings. The molecule has 0 bridgehead atoms. The number of nitrogens with one attached hydrogen (secondary N) is 2. The molecule has 2 N–H and O–H groups in total. The van der Waals surface area contributed by atoms with Gasteiger partial charge in [0.1, 0.15) is 5.75 Å². The number of fused-ring (bicyclic) bond motifs is 1. The zero-order valence-corrected chi connectivity index (χ0v) is 11.8. The van der Waals surface area contributed by atoms with E-state index in [2.05, 4.69) is 10.6 Å². The fraction of sp³-hybridized carbons (Fsp3) is 0.467. The summed E-state index contributed by atoms with van der Waals surface area (Å²) in [5.74, 6) is 0.167. The van der Waals surface area contributed by atoms with Crippen molar-refractivity contribution >= 4 is 17.5 Å². The van der Waals surface area contributed by atoms with E-state index >= 15 is 0 Å². The summed E-state index contributed by atoms with van der Waals surface area (Å²) in [5, 5.41) is 5.64. The Kier molecular flexibility index (Phi) is 3.79. The molecule has 0 saturated carbocycles. The van der Waals surface area contributed by atoms with Gasteiger partial charge in [-0.05, 0) is 38.0 Å². The van der Waals surface area contributed by atoms with Gasteiger partial charge in [0.25, 0.3) is 11.8 Å². The minimum absolute atomic E-state index is 0.0234. The van der Waals surface area contributed by atoms with Gasteiger partial charge in [0.05, 0.1) is 17.8 Å². The van der Waals surface area contributed by atoms with E-state index in [4.69, 9.17) is 9.47 Å². The number of benzene rings is 1. The van der Waals surface area contributed by atoms with Crippen LogP contribution < -0.4 is 15.4 Å². The van der Waals surface area contributed by atoms with Gasteiger partial charge in [-0.3, -0.25) is 9.59 Å². The molecule has 1 fully saturated rings. The molecule has 3 rings (SSSR count). The van der Waals surface area contributed by atoms with Crippen LogP contribution in [0.4, 0.5) is 5.69 Å². The van der Waals surface area contributed by atoms with Crippen molar-refractivity contribution < 1.29 is 19.1 Å². The van der Waals surface area contributed by atoms with Crippen LogP contribution in [0.5, 0.6) is 5.75 Å². The van der Waals surface area contributed by atoms with Crippen LogP contribution in [-0.4, -0.2) is 37.2 Å². The fourth-order valence-electron chi connectivity index (χ4n) is 2.60. The molecule has 21 heavy (non-hydrogen) atoms. The Hall–Kier alpha value is -2.08. The van der Waals surface area contributed by atoms with Crippen molar-refractivity contribution in [3.05, 3.63) is 23.8 Å². The molecule has 0 aliphatic carbocycles. The number of anilines is 1.